The molecule has 0 aliphatic carbocycles. The van der Waals surface area contributed by atoms with E-state index >= 15 is 0 Å². The van der Waals surface area contributed by atoms with Crippen LogP contribution in [0.4, 0.5) is 0 Å². The fourth-order valence-electron chi connectivity index (χ4n) is 1.36. The average molecular weight is 210 g/mol. The molecule has 1 atom stereocenters. The van der Waals surface area contributed by atoms with Gasteiger partial charge in [0.2, 0.25) is 0 Å². The molecule has 1 aromatic rings. The molecule has 0 radical (unpaired) electrons. The molecule has 0 spiro atoms. The minimum Gasteiger partial charge on any atom is -0.309 e. The molecule has 1 unspecified atom stereocenters. The Labute approximate surface area is 90.6 Å². The van der Waals surface area contributed by atoms with E-state index in [0.29, 0.717) is 5.25 Å². The Morgan fingerprint density at radius 3 is 2.43 bits per heavy atom. The minimum atomic E-state index is 0.415. The van der Waals surface area contributed by atoms with E-state index in [-0.39, 0.29) is 0 Å². The summed E-state index contributed by atoms with van der Waals surface area (Å²) in [5.41, 5.74) is 1.32. The molecular weight excluding hydrogens is 192 g/mol. The van der Waals surface area contributed by atoms with Gasteiger partial charge in [-0.3, -0.25) is 5.14 Å². The lowest BCUT2D eigenvalue weighted by molar-refractivity contribution is 0.399. The molecule has 0 aromatic heterocycles. The van der Waals surface area contributed by atoms with Crippen molar-refractivity contribution in [3.8, 4) is 0 Å². The third-order valence-electron chi connectivity index (χ3n) is 2.17. The van der Waals surface area contributed by atoms with Crippen molar-refractivity contribution in [2.75, 3.05) is 20.6 Å². The fourth-order valence-corrected chi connectivity index (χ4v) is 1.91. The molecule has 0 heterocycles. The van der Waals surface area contributed by atoms with Crippen LogP contribution in [0.1, 0.15) is 17.2 Å². The number of nitrogens with zero attached hydrogens (tertiary/aromatic N) is 1. The second-order valence-electron chi connectivity index (χ2n) is 3.63. The van der Waals surface area contributed by atoms with Crippen molar-refractivity contribution < 1.29 is 0 Å². The van der Waals surface area contributed by atoms with Gasteiger partial charge in [0.15, 0.2) is 0 Å². The van der Waals surface area contributed by atoms with Gasteiger partial charge in [-0.1, -0.05) is 42.3 Å². The molecule has 3 heteroatoms. The number of hydrogen-bond donors (Lipinski definition) is 1. The fraction of sp³-hybridized carbons (Fsp3) is 0.455. The van der Waals surface area contributed by atoms with Crippen LogP contribution in [-0.2, 0) is 0 Å². The van der Waals surface area contributed by atoms with Gasteiger partial charge in [-0.25, -0.2) is 0 Å². The van der Waals surface area contributed by atoms with Crippen LogP contribution in [0.15, 0.2) is 30.3 Å². The highest BCUT2D eigenvalue weighted by Crippen LogP contribution is 2.27. The maximum Gasteiger partial charge on any atom is 0.0452 e. The van der Waals surface area contributed by atoms with E-state index in [1.54, 1.807) is 0 Å². The summed E-state index contributed by atoms with van der Waals surface area (Å²) in [6.45, 7) is 1.07. The molecule has 0 fully saturated rings. The van der Waals surface area contributed by atoms with Gasteiger partial charge in [-0.05, 0) is 32.6 Å². The van der Waals surface area contributed by atoms with Gasteiger partial charge in [-0.15, -0.1) is 0 Å². The Morgan fingerprint density at radius 2 is 1.93 bits per heavy atom. The van der Waals surface area contributed by atoms with E-state index in [1.807, 2.05) is 6.07 Å². The minimum absolute atomic E-state index is 0.415. The zero-order valence-electron chi connectivity index (χ0n) is 8.81. The Morgan fingerprint density at radius 1 is 1.29 bits per heavy atom. The molecule has 0 saturated carbocycles. The van der Waals surface area contributed by atoms with Crippen LogP contribution < -0.4 is 5.14 Å². The topological polar surface area (TPSA) is 29.3 Å². The maximum atomic E-state index is 5.69. The largest absolute Gasteiger partial charge is 0.309 e. The summed E-state index contributed by atoms with van der Waals surface area (Å²) in [4.78, 5) is 2.19. The summed E-state index contributed by atoms with van der Waals surface area (Å²) >= 11 is 1.44. The third kappa shape index (κ3) is 3.70. The Hall–Kier alpha value is -0.510. The van der Waals surface area contributed by atoms with E-state index in [4.69, 9.17) is 5.14 Å². The number of hydrogen-bond acceptors (Lipinski definition) is 3. The lowest BCUT2D eigenvalue weighted by atomic mass is 10.1. The van der Waals surface area contributed by atoms with Crippen molar-refractivity contribution in [1.29, 1.82) is 0 Å². The van der Waals surface area contributed by atoms with Crippen molar-refractivity contribution in [3.05, 3.63) is 35.9 Å². The number of nitrogens with two attached hydrogens (primary N) is 1. The lowest BCUT2D eigenvalue weighted by Gasteiger charge is -2.17. The van der Waals surface area contributed by atoms with Crippen LogP contribution in [0.25, 0.3) is 0 Å². The normalized spacial score (nSPS) is 13.1. The predicted octanol–water partition coefficient (Wildman–Crippen LogP) is 2.29. The van der Waals surface area contributed by atoms with Gasteiger partial charge < -0.3 is 4.90 Å². The Kier molecular flexibility index (Phi) is 5.01. The van der Waals surface area contributed by atoms with Crippen molar-refractivity contribution in [2.24, 2.45) is 5.14 Å². The SMILES string of the molecule is CN(C)CCC(SN)c1ccccc1. The zero-order valence-corrected chi connectivity index (χ0v) is 9.63. The van der Waals surface area contributed by atoms with Crippen molar-refractivity contribution >= 4 is 11.9 Å². The molecular formula is C11H18N2S. The second kappa shape index (κ2) is 6.06. The highest BCUT2D eigenvalue weighted by Gasteiger charge is 2.09. The molecule has 78 valence electrons. The molecule has 0 aliphatic heterocycles. The van der Waals surface area contributed by atoms with E-state index in [2.05, 4.69) is 43.3 Å². The summed E-state index contributed by atoms with van der Waals surface area (Å²) in [6.07, 6.45) is 1.10. The third-order valence-corrected chi connectivity index (χ3v) is 3.01. The molecule has 2 nitrogen and oxygen atoms in total. The van der Waals surface area contributed by atoms with Gasteiger partial charge in [0.1, 0.15) is 0 Å². The van der Waals surface area contributed by atoms with Crippen LogP contribution >= 0.6 is 11.9 Å². The molecule has 0 amide bonds. The second-order valence-corrected chi connectivity index (χ2v) is 4.47. The highest BCUT2D eigenvalue weighted by atomic mass is 32.2. The summed E-state index contributed by atoms with van der Waals surface area (Å²) in [6, 6.07) is 10.4. The van der Waals surface area contributed by atoms with Gasteiger partial charge >= 0.3 is 0 Å². The number of rotatable bonds is 5. The molecule has 0 aliphatic rings. The summed E-state index contributed by atoms with van der Waals surface area (Å²) < 4.78 is 0. The van der Waals surface area contributed by atoms with E-state index in [9.17, 15) is 0 Å². The van der Waals surface area contributed by atoms with Gasteiger partial charge in [0.25, 0.3) is 0 Å². The summed E-state index contributed by atoms with van der Waals surface area (Å²) in [5, 5.41) is 6.10. The average Bonchev–Trinajstić information content (AvgIpc) is 2.20. The van der Waals surface area contributed by atoms with Crippen molar-refractivity contribution in [2.45, 2.75) is 11.7 Å². The molecule has 0 bridgehead atoms. The molecule has 1 rings (SSSR count). The van der Waals surface area contributed by atoms with Crippen molar-refractivity contribution in [3.63, 3.8) is 0 Å². The van der Waals surface area contributed by atoms with Crippen molar-refractivity contribution in [1.82, 2.24) is 4.90 Å². The summed E-state index contributed by atoms with van der Waals surface area (Å²) in [5.74, 6) is 0. The first-order chi connectivity index (χ1) is 6.74. The van der Waals surface area contributed by atoms with Gasteiger partial charge in [0, 0.05) is 5.25 Å². The van der Waals surface area contributed by atoms with E-state index in [0.717, 1.165) is 13.0 Å². The maximum absolute atomic E-state index is 5.69. The van der Waals surface area contributed by atoms with Crippen LogP contribution in [0.3, 0.4) is 0 Å². The monoisotopic (exact) mass is 210 g/mol. The first kappa shape index (κ1) is 11.6. The van der Waals surface area contributed by atoms with Gasteiger partial charge in [0.05, 0.1) is 0 Å². The molecule has 14 heavy (non-hydrogen) atoms. The first-order valence-corrected chi connectivity index (χ1v) is 5.73. The lowest BCUT2D eigenvalue weighted by Crippen LogP contribution is -2.15. The Bertz CT molecular complexity index is 249. The Balaban J connectivity index is 2.54. The quantitative estimate of drug-likeness (QED) is 0.756. The molecule has 0 saturated heterocycles. The van der Waals surface area contributed by atoms with Crippen LogP contribution in [0, 0.1) is 0 Å². The zero-order chi connectivity index (χ0) is 10.4. The molecule has 2 N–H and O–H groups in total. The van der Waals surface area contributed by atoms with E-state index in [1.165, 1.54) is 17.5 Å². The van der Waals surface area contributed by atoms with Crippen LogP contribution in [-0.4, -0.2) is 25.5 Å². The summed E-state index contributed by atoms with van der Waals surface area (Å²) in [7, 11) is 4.17. The first-order valence-electron chi connectivity index (χ1n) is 4.79. The standard InChI is InChI=1S/C11H18N2S/c1-13(2)9-8-11(14-12)10-6-4-3-5-7-10/h3-7,11H,8-9,12H2,1-2H3. The molecule has 1 aromatic carbocycles. The highest BCUT2D eigenvalue weighted by molar-refractivity contribution is 7.97. The van der Waals surface area contributed by atoms with Gasteiger partial charge in [-0.2, -0.15) is 0 Å². The van der Waals surface area contributed by atoms with E-state index < -0.39 is 0 Å². The van der Waals surface area contributed by atoms with Crippen LogP contribution in [0.2, 0.25) is 0 Å². The van der Waals surface area contributed by atoms with Crippen LogP contribution in [0.5, 0.6) is 0 Å². The predicted molar refractivity (Wildman–Crippen MR) is 64.1 cm³/mol. The smallest absolute Gasteiger partial charge is 0.0452 e. The number of benzene rings is 1.